The molecule has 1 aliphatic rings. The second kappa shape index (κ2) is 7.55. The van der Waals surface area contributed by atoms with E-state index in [2.05, 4.69) is 4.72 Å². The Morgan fingerprint density at radius 2 is 1.76 bits per heavy atom. The second-order valence-corrected chi connectivity index (χ2v) is 11.3. The van der Waals surface area contributed by atoms with Crippen molar-refractivity contribution >= 4 is 31.6 Å². The lowest BCUT2D eigenvalue weighted by Crippen LogP contribution is -2.33. The number of hydrogen-bond donors (Lipinski definition) is 1. The van der Waals surface area contributed by atoms with Crippen LogP contribution in [0, 0.1) is 12.3 Å². The van der Waals surface area contributed by atoms with Crippen molar-refractivity contribution in [3.8, 4) is 0 Å². The van der Waals surface area contributed by atoms with Gasteiger partial charge < -0.3 is 0 Å². The monoisotopic (exact) mass is 436 g/mol. The van der Waals surface area contributed by atoms with Crippen LogP contribution in [0.4, 0.5) is 5.69 Å². The third kappa shape index (κ3) is 4.36. The number of nitrogens with zero attached hydrogens (tertiary/aromatic N) is 1. The number of rotatable bonds is 6. The van der Waals surface area contributed by atoms with Crippen molar-refractivity contribution in [3.63, 3.8) is 0 Å². The summed E-state index contributed by atoms with van der Waals surface area (Å²) in [6.45, 7) is 4.97. The maximum Gasteiger partial charge on any atom is 0.247 e. The van der Waals surface area contributed by atoms with Crippen LogP contribution in [-0.4, -0.2) is 35.0 Å². The van der Waals surface area contributed by atoms with E-state index in [-0.39, 0.29) is 22.9 Å². The Bertz CT molecular complexity index is 1140. The first-order chi connectivity index (χ1) is 13.4. The van der Waals surface area contributed by atoms with Crippen LogP contribution in [-0.2, 0) is 31.3 Å². The maximum absolute atomic E-state index is 12.7. The molecular formula is C20H24N2O5S2. The van der Waals surface area contributed by atoms with E-state index in [1.165, 1.54) is 18.2 Å². The Kier molecular flexibility index (Phi) is 5.59. The SMILES string of the molecule is Cc1cc(N2C(=O)C(C)(C)CS2(=O)=O)ccc1S(=O)(=O)NCCc1ccccc1. The lowest BCUT2D eigenvalue weighted by molar-refractivity contribution is -0.123. The lowest BCUT2D eigenvalue weighted by Gasteiger charge is -2.19. The molecule has 0 spiro atoms. The minimum absolute atomic E-state index is 0.0533. The fourth-order valence-electron chi connectivity index (χ4n) is 3.37. The highest BCUT2D eigenvalue weighted by atomic mass is 32.2. The van der Waals surface area contributed by atoms with E-state index < -0.39 is 31.4 Å². The molecule has 0 atom stereocenters. The van der Waals surface area contributed by atoms with Gasteiger partial charge in [-0.15, -0.1) is 0 Å². The number of hydrogen-bond acceptors (Lipinski definition) is 5. The number of carbonyl (C=O) groups is 1. The molecule has 156 valence electrons. The van der Waals surface area contributed by atoms with Crippen LogP contribution in [0.25, 0.3) is 0 Å². The summed E-state index contributed by atoms with van der Waals surface area (Å²) >= 11 is 0. The van der Waals surface area contributed by atoms with Crippen molar-refractivity contribution in [3.05, 3.63) is 59.7 Å². The number of aryl methyl sites for hydroxylation is 1. The largest absolute Gasteiger partial charge is 0.273 e. The molecule has 0 aliphatic carbocycles. The molecule has 3 rings (SSSR count). The van der Waals surface area contributed by atoms with Crippen LogP contribution in [0.5, 0.6) is 0 Å². The van der Waals surface area contributed by atoms with Crippen molar-refractivity contribution in [2.45, 2.75) is 32.1 Å². The van der Waals surface area contributed by atoms with E-state index in [1.54, 1.807) is 20.8 Å². The molecule has 2 aromatic carbocycles. The molecular weight excluding hydrogens is 412 g/mol. The predicted molar refractivity (Wildman–Crippen MR) is 112 cm³/mol. The Hall–Kier alpha value is -2.23. The van der Waals surface area contributed by atoms with Gasteiger partial charge in [0.25, 0.3) is 0 Å². The number of sulfonamides is 2. The van der Waals surface area contributed by atoms with Gasteiger partial charge >= 0.3 is 0 Å². The molecule has 2 aromatic rings. The molecule has 0 unspecified atom stereocenters. The average molecular weight is 437 g/mol. The van der Waals surface area contributed by atoms with Crippen LogP contribution in [0.2, 0.25) is 0 Å². The number of benzene rings is 2. The van der Waals surface area contributed by atoms with Gasteiger partial charge in [-0.2, -0.15) is 0 Å². The number of nitrogens with one attached hydrogen (secondary N) is 1. The quantitative estimate of drug-likeness (QED) is 0.748. The molecule has 1 N–H and O–H groups in total. The van der Waals surface area contributed by atoms with Crippen molar-refractivity contribution in [2.24, 2.45) is 5.41 Å². The molecule has 1 saturated heterocycles. The first-order valence-electron chi connectivity index (χ1n) is 9.16. The first-order valence-corrected chi connectivity index (χ1v) is 12.2. The van der Waals surface area contributed by atoms with Gasteiger partial charge in [0.1, 0.15) is 0 Å². The molecule has 0 radical (unpaired) electrons. The van der Waals surface area contributed by atoms with Gasteiger partial charge in [-0.3, -0.25) is 4.79 Å². The minimum Gasteiger partial charge on any atom is -0.273 e. The number of amides is 1. The van der Waals surface area contributed by atoms with Crippen LogP contribution in [0.15, 0.2) is 53.4 Å². The van der Waals surface area contributed by atoms with Crippen LogP contribution < -0.4 is 9.03 Å². The maximum atomic E-state index is 12.7. The standard InChI is InChI=1S/C20H24N2O5S2/c1-15-13-17(22-19(23)20(2,3)14-28(22,24)25)9-10-18(15)29(26,27)21-12-11-16-7-5-4-6-8-16/h4-10,13,21H,11-12,14H2,1-3H3. The molecule has 1 aliphatic heterocycles. The summed E-state index contributed by atoms with van der Waals surface area (Å²) in [6, 6.07) is 13.6. The zero-order chi connectivity index (χ0) is 21.4. The highest BCUT2D eigenvalue weighted by Gasteiger charge is 2.50. The van der Waals surface area contributed by atoms with Gasteiger partial charge in [0.15, 0.2) is 0 Å². The summed E-state index contributed by atoms with van der Waals surface area (Å²) in [5.74, 6) is -0.799. The summed E-state index contributed by atoms with van der Waals surface area (Å²) < 4.78 is 53.5. The fraction of sp³-hybridized carbons (Fsp3) is 0.350. The number of anilines is 1. The third-order valence-electron chi connectivity index (χ3n) is 4.82. The predicted octanol–water partition coefficient (Wildman–Crippen LogP) is 2.22. The minimum atomic E-state index is -3.79. The lowest BCUT2D eigenvalue weighted by atomic mass is 9.95. The van der Waals surface area contributed by atoms with Gasteiger partial charge in [0.2, 0.25) is 26.0 Å². The highest BCUT2D eigenvalue weighted by Crippen LogP contribution is 2.36. The van der Waals surface area contributed by atoms with Gasteiger partial charge in [-0.25, -0.2) is 25.9 Å². The van der Waals surface area contributed by atoms with E-state index in [0.717, 1.165) is 9.87 Å². The van der Waals surface area contributed by atoms with Gasteiger partial charge in [-0.05, 0) is 56.5 Å². The Morgan fingerprint density at radius 1 is 1.10 bits per heavy atom. The van der Waals surface area contributed by atoms with Crippen molar-refractivity contribution in [1.82, 2.24) is 4.72 Å². The molecule has 0 bridgehead atoms. The summed E-state index contributed by atoms with van der Waals surface area (Å²) in [5, 5.41) is 0. The summed E-state index contributed by atoms with van der Waals surface area (Å²) in [7, 11) is -7.56. The molecule has 9 heteroatoms. The van der Waals surface area contributed by atoms with E-state index in [1.807, 2.05) is 30.3 Å². The fourth-order valence-corrected chi connectivity index (χ4v) is 6.73. The van der Waals surface area contributed by atoms with Crippen molar-refractivity contribution in [2.75, 3.05) is 16.6 Å². The highest BCUT2D eigenvalue weighted by molar-refractivity contribution is 7.94. The first kappa shape index (κ1) is 21.5. The van der Waals surface area contributed by atoms with Crippen molar-refractivity contribution in [1.29, 1.82) is 0 Å². The topological polar surface area (TPSA) is 101 Å². The van der Waals surface area contributed by atoms with Gasteiger partial charge in [0, 0.05) is 6.54 Å². The Balaban J connectivity index is 1.81. The van der Waals surface area contributed by atoms with E-state index >= 15 is 0 Å². The molecule has 29 heavy (non-hydrogen) atoms. The summed E-state index contributed by atoms with van der Waals surface area (Å²) in [6.07, 6.45) is 0.548. The zero-order valence-electron chi connectivity index (χ0n) is 16.5. The Labute approximate surface area is 171 Å². The normalized spacial score (nSPS) is 18.2. The summed E-state index contributed by atoms with van der Waals surface area (Å²) in [5.41, 5.74) is 0.516. The Morgan fingerprint density at radius 3 is 2.31 bits per heavy atom. The summed E-state index contributed by atoms with van der Waals surface area (Å²) in [4.78, 5) is 12.6. The zero-order valence-corrected chi connectivity index (χ0v) is 18.2. The molecule has 1 amide bonds. The average Bonchev–Trinajstić information content (AvgIpc) is 2.78. The van der Waals surface area contributed by atoms with E-state index in [0.29, 0.717) is 12.0 Å². The van der Waals surface area contributed by atoms with Gasteiger partial charge in [0.05, 0.1) is 21.8 Å². The van der Waals surface area contributed by atoms with Crippen LogP contribution in [0.1, 0.15) is 25.0 Å². The molecule has 0 saturated carbocycles. The van der Waals surface area contributed by atoms with Crippen LogP contribution >= 0.6 is 0 Å². The molecule has 7 nitrogen and oxygen atoms in total. The molecule has 0 aromatic heterocycles. The van der Waals surface area contributed by atoms with E-state index in [4.69, 9.17) is 0 Å². The second-order valence-electron chi connectivity index (χ2n) is 7.79. The smallest absolute Gasteiger partial charge is 0.247 e. The van der Waals surface area contributed by atoms with E-state index in [9.17, 15) is 21.6 Å². The molecule has 1 heterocycles. The van der Waals surface area contributed by atoms with Crippen molar-refractivity contribution < 1.29 is 21.6 Å². The van der Waals surface area contributed by atoms with Crippen LogP contribution in [0.3, 0.4) is 0 Å². The number of carbonyl (C=O) groups excluding carboxylic acids is 1. The molecule has 1 fully saturated rings. The van der Waals surface area contributed by atoms with Gasteiger partial charge in [-0.1, -0.05) is 30.3 Å². The third-order valence-corrected chi connectivity index (χ3v) is 8.46.